The van der Waals surface area contributed by atoms with Gasteiger partial charge in [-0.2, -0.15) is 0 Å². The van der Waals surface area contributed by atoms with Crippen LogP contribution in [0.4, 0.5) is 0 Å². The molecular weight excluding hydrogens is 1010 g/mol. The van der Waals surface area contributed by atoms with E-state index in [9.17, 15) is 35.1 Å². The summed E-state index contributed by atoms with van der Waals surface area (Å²) >= 11 is 0. The van der Waals surface area contributed by atoms with Crippen molar-refractivity contribution in [1.82, 2.24) is 5.32 Å². The summed E-state index contributed by atoms with van der Waals surface area (Å²) in [5.41, 5.74) is 0. The second-order valence-electron chi connectivity index (χ2n) is 23.6. The van der Waals surface area contributed by atoms with E-state index in [-0.39, 0.29) is 19.4 Å². The molecule has 1 saturated heterocycles. The zero-order chi connectivity index (χ0) is 58.9. The number of rotatable bonds is 58. The van der Waals surface area contributed by atoms with Crippen molar-refractivity contribution in [3.63, 3.8) is 0 Å². The van der Waals surface area contributed by atoms with Gasteiger partial charge in [0, 0.05) is 6.42 Å². The largest absolute Gasteiger partial charge is 0.454 e. The van der Waals surface area contributed by atoms with Gasteiger partial charge < -0.3 is 45.1 Å². The lowest BCUT2D eigenvalue weighted by Gasteiger charge is -2.41. The molecule has 81 heavy (non-hydrogen) atoms. The van der Waals surface area contributed by atoms with Crippen molar-refractivity contribution in [2.24, 2.45) is 0 Å². The normalized spacial score (nSPS) is 19.0. The first kappa shape index (κ1) is 76.4. The molecule has 8 atom stereocenters. The number of hydrogen-bond acceptors (Lipinski definition) is 10. The van der Waals surface area contributed by atoms with E-state index >= 15 is 0 Å². The predicted molar refractivity (Wildman–Crippen MR) is 338 cm³/mol. The molecule has 1 heterocycles. The van der Waals surface area contributed by atoms with Crippen molar-refractivity contribution in [2.45, 2.75) is 359 Å². The van der Waals surface area contributed by atoms with Crippen LogP contribution in [-0.4, -0.2) is 99.6 Å². The fraction of sp³-hybridized carbons (Fsp3) is 0.829. The number of hydrogen-bond donors (Lipinski definition) is 6. The molecule has 0 bridgehead atoms. The van der Waals surface area contributed by atoms with Crippen LogP contribution >= 0.6 is 0 Å². The van der Waals surface area contributed by atoms with Gasteiger partial charge in [0.15, 0.2) is 12.4 Å². The highest BCUT2D eigenvalue weighted by atomic mass is 16.7. The maximum atomic E-state index is 13.5. The summed E-state index contributed by atoms with van der Waals surface area (Å²) in [4.78, 5) is 26.6. The Kier molecular flexibility index (Phi) is 54.5. The molecule has 0 aromatic heterocycles. The molecule has 6 N–H and O–H groups in total. The van der Waals surface area contributed by atoms with Crippen molar-refractivity contribution in [1.29, 1.82) is 0 Å². The van der Waals surface area contributed by atoms with Crippen molar-refractivity contribution in [3.05, 3.63) is 60.8 Å². The van der Waals surface area contributed by atoms with Crippen LogP contribution in [0.3, 0.4) is 0 Å². The Bertz CT molecular complexity index is 1550. The van der Waals surface area contributed by atoms with E-state index in [1.165, 1.54) is 186 Å². The molecule has 1 rings (SSSR count). The maximum Gasteiger partial charge on any atom is 0.306 e. The van der Waals surface area contributed by atoms with E-state index in [2.05, 4.69) is 74.7 Å². The molecule has 0 radical (unpaired) electrons. The average Bonchev–Trinajstić information content (AvgIpc) is 3.48. The number of nitrogens with one attached hydrogen (secondary N) is 1. The standard InChI is InChI=1S/C70H127NO10/c1-4-7-10-13-16-19-22-25-27-28-29-30-31-32-33-34-35-36-37-38-39-42-45-48-51-54-57-63(74)69(78)71-61(62(73)56-53-50-47-44-41-24-21-18-15-12-9-6-3)60-79-70-68(67(77)66(76)64(59-72)80-70)81-65(75)58-55-52-49-46-43-40-26-23-20-17-14-11-8-5-2/h16,19,25,27,29-30,40,43,53,56,61-64,66-68,70,72-74,76-77H,4-15,17-18,20-24,26,28,31-39,41-42,44-52,54-55,57-60H2,1-3H3,(H,71,78)/b19-16-,27-25-,30-29-,43-40-,56-53+. The molecule has 1 aliphatic heterocycles. The molecule has 472 valence electrons. The number of allylic oxidation sites excluding steroid dienone is 9. The van der Waals surface area contributed by atoms with Crippen LogP contribution < -0.4 is 5.32 Å². The Morgan fingerprint density at radius 1 is 0.481 bits per heavy atom. The van der Waals surface area contributed by atoms with Gasteiger partial charge in [-0.1, -0.05) is 274 Å². The third kappa shape index (κ3) is 45.4. The molecule has 0 aromatic rings. The number of aliphatic hydroxyl groups excluding tert-OH is 5. The quantitative estimate of drug-likeness (QED) is 0.0195. The lowest BCUT2D eigenvalue weighted by Crippen LogP contribution is -2.61. The predicted octanol–water partition coefficient (Wildman–Crippen LogP) is 17.0. The molecule has 8 unspecified atom stereocenters. The van der Waals surface area contributed by atoms with Crippen LogP contribution in [0.1, 0.15) is 310 Å². The molecule has 0 aromatic carbocycles. The first-order chi connectivity index (χ1) is 39.7. The smallest absolute Gasteiger partial charge is 0.306 e. The zero-order valence-electron chi connectivity index (χ0n) is 52.4. The highest BCUT2D eigenvalue weighted by Crippen LogP contribution is 2.26. The van der Waals surface area contributed by atoms with Crippen LogP contribution in [0, 0.1) is 0 Å². The molecule has 1 amide bonds. The number of ether oxygens (including phenoxy) is 3. The topological polar surface area (TPSA) is 175 Å². The Labute approximate surface area is 497 Å². The SMILES string of the molecule is CCCCC/C=C\C/C=C\C/C=C\CCCCCCCCCCCCCCCC(O)C(=O)NC(COC1OC(CO)C(O)C(O)C1OC(=O)CCCCC/C=C\CCCCCCCCC)C(O)/C=C/CCCCCCCCCCCC. The Hall–Kier alpha value is -2.64. The molecule has 0 spiro atoms. The van der Waals surface area contributed by atoms with Crippen LogP contribution in [0.5, 0.6) is 0 Å². The minimum Gasteiger partial charge on any atom is -0.454 e. The molecule has 0 saturated carbocycles. The fourth-order valence-corrected chi connectivity index (χ4v) is 10.5. The molecule has 1 fully saturated rings. The van der Waals surface area contributed by atoms with Crippen molar-refractivity contribution < 1.29 is 49.3 Å². The molecule has 0 aliphatic carbocycles. The summed E-state index contributed by atoms with van der Waals surface area (Å²) in [7, 11) is 0. The number of esters is 1. The summed E-state index contributed by atoms with van der Waals surface area (Å²) in [6.07, 6.45) is 62.7. The minimum atomic E-state index is -1.62. The van der Waals surface area contributed by atoms with Gasteiger partial charge >= 0.3 is 5.97 Å². The highest BCUT2D eigenvalue weighted by molar-refractivity contribution is 5.80. The number of amides is 1. The third-order valence-corrected chi connectivity index (χ3v) is 15.9. The number of carbonyl (C=O) groups is 2. The van der Waals surface area contributed by atoms with Crippen molar-refractivity contribution in [2.75, 3.05) is 13.2 Å². The summed E-state index contributed by atoms with van der Waals surface area (Å²) in [6.45, 7) is 5.77. The fourth-order valence-electron chi connectivity index (χ4n) is 10.5. The van der Waals surface area contributed by atoms with E-state index in [0.29, 0.717) is 12.8 Å². The molecular formula is C70H127NO10. The van der Waals surface area contributed by atoms with Gasteiger partial charge in [-0.05, 0) is 89.9 Å². The van der Waals surface area contributed by atoms with Crippen LogP contribution in [0.2, 0.25) is 0 Å². The Morgan fingerprint density at radius 3 is 1.31 bits per heavy atom. The number of carbonyl (C=O) groups excluding carboxylic acids is 2. The first-order valence-electron chi connectivity index (χ1n) is 34.1. The van der Waals surface area contributed by atoms with E-state index < -0.39 is 67.4 Å². The zero-order valence-corrected chi connectivity index (χ0v) is 52.4. The van der Waals surface area contributed by atoms with Gasteiger partial charge in [0.1, 0.15) is 24.4 Å². The van der Waals surface area contributed by atoms with Gasteiger partial charge in [0.05, 0.1) is 25.4 Å². The van der Waals surface area contributed by atoms with E-state index in [1.54, 1.807) is 6.08 Å². The average molecular weight is 1140 g/mol. The Balaban J connectivity index is 2.57. The van der Waals surface area contributed by atoms with Gasteiger partial charge in [-0.15, -0.1) is 0 Å². The van der Waals surface area contributed by atoms with Gasteiger partial charge in [-0.25, -0.2) is 0 Å². The maximum absolute atomic E-state index is 13.5. The number of unbranched alkanes of at least 4 members (excludes halogenated alkanes) is 36. The van der Waals surface area contributed by atoms with E-state index in [4.69, 9.17) is 14.2 Å². The minimum absolute atomic E-state index is 0.104. The monoisotopic (exact) mass is 1140 g/mol. The summed E-state index contributed by atoms with van der Waals surface area (Å²) in [6, 6.07) is -1.03. The van der Waals surface area contributed by atoms with Crippen molar-refractivity contribution in [3.8, 4) is 0 Å². The van der Waals surface area contributed by atoms with E-state index in [1.807, 2.05) is 6.08 Å². The lowest BCUT2D eigenvalue weighted by molar-refractivity contribution is -0.305. The van der Waals surface area contributed by atoms with Gasteiger partial charge in [0.25, 0.3) is 0 Å². The highest BCUT2D eigenvalue weighted by Gasteiger charge is 2.47. The Morgan fingerprint density at radius 2 is 0.852 bits per heavy atom. The lowest BCUT2D eigenvalue weighted by atomic mass is 9.99. The molecule has 11 heteroatoms. The number of aliphatic hydroxyl groups is 5. The second kappa shape index (κ2) is 57.8. The van der Waals surface area contributed by atoms with E-state index in [0.717, 1.165) is 77.0 Å². The van der Waals surface area contributed by atoms with Crippen LogP contribution in [0.15, 0.2) is 60.8 Å². The summed E-state index contributed by atoms with van der Waals surface area (Å²) in [5.74, 6) is -1.21. The molecule has 11 nitrogen and oxygen atoms in total. The van der Waals surface area contributed by atoms with Crippen LogP contribution in [-0.2, 0) is 23.8 Å². The van der Waals surface area contributed by atoms with Crippen LogP contribution in [0.25, 0.3) is 0 Å². The third-order valence-electron chi connectivity index (χ3n) is 15.9. The first-order valence-corrected chi connectivity index (χ1v) is 34.1. The summed E-state index contributed by atoms with van der Waals surface area (Å²) < 4.78 is 17.6. The van der Waals surface area contributed by atoms with Crippen molar-refractivity contribution >= 4 is 11.9 Å². The molecule has 1 aliphatic rings. The van der Waals surface area contributed by atoms with Gasteiger partial charge in [-0.3, -0.25) is 9.59 Å². The summed E-state index contributed by atoms with van der Waals surface area (Å²) in [5, 5.41) is 57.1. The second-order valence-corrected chi connectivity index (χ2v) is 23.6. The van der Waals surface area contributed by atoms with Gasteiger partial charge in [0.2, 0.25) is 5.91 Å².